The van der Waals surface area contributed by atoms with E-state index in [1.807, 2.05) is 0 Å². The zero-order valence-electron chi connectivity index (χ0n) is 9.82. The molecule has 5 nitrogen and oxygen atoms in total. The van der Waals surface area contributed by atoms with Crippen molar-refractivity contribution in [3.8, 4) is 0 Å². The van der Waals surface area contributed by atoms with Gasteiger partial charge in [-0.3, -0.25) is 4.99 Å². The highest BCUT2D eigenvalue weighted by Gasteiger charge is 2.47. The zero-order valence-corrected chi connectivity index (χ0v) is 10.6. The first-order valence-electron chi connectivity index (χ1n) is 6.03. The van der Waals surface area contributed by atoms with Crippen LogP contribution in [-0.4, -0.2) is 56.8 Å². The molecule has 0 aromatic heterocycles. The summed E-state index contributed by atoms with van der Waals surface area (Å²) in [5.74, 6) is 0. The van der Waals surface area contributed by atoms with Crippen LogP contribution in [0.3, 0.4) is 0 Å². The fourth-order valence-corrected chi connectivity index (χ4v) is 3.36. The van der Waals surface area contributed by atoms with Crippen LogP contribution < -0.4 is 0 Å². The monoisotopic (exact) mass is 261 g/mol. The van der Waals surface area contributed by atoms with E-state index in [1.165, 1.54) is 11.8 Å². The SMILES string of the molecule is CCCCC1=N[C@@H]2[C@@H](O)[C@H](O)[C@@H](CO)O[C@@H]2S1. The van der Waals surface area contributed by atoms with Crippen LogP contribution in [-0.2, 0) is 4.74 Å². The molecule has 0 amide bonds. The van der Waals surface area contributed by atoms with Crippen LogP contribution in [0.25, 0.3) is 0 Å². The van der Waals surface area contributed by atoms with Crippen molar-refractivity contribution in [2.45, 2.75) is 56.0 Å². The summed E-state index contributed by atoms with van der Waals surface area (Å²) in [5.41, 5.74) is -0.266. The van der Waals surface area contributed by atoms with Gasteiger partial charge in [-0.1, -0.05) is 25.1 Å². The predicted octanol–water partition coefficient (Wildman–Crippen LogP) is 0.129. The van der Waals surface area contributed by atoms with Crippen molar-refractivity contribution in [3.63, 3.8) is 0 Å². The number of fused-ring (bicyclic) bond motifs is 1. The van der Waals surface area contributed by atoms with Gasteiger partial charge in [-0.15, -0.1) is 0 Å². The van der Waals surface area contributed by atoms with Crippen LogP contribution in [0.15, 0.2) is 4.99 Å². The molecular formula is C11H19NO4S. The molecule has 2 rings (SSSR count). The molecule has 0 aliphatic carbocycles. The molecule has 0 saturated carbocycles. The van der Waals surface area contributed by atoms with Gasteiger partial charge in [0.25, 0.3) is 0 Å². The maximum absolute atomic E-state index is 9.93. The van der Waals surface area contributed by atoms with Crippen LogP contribution in [0.2, 0.25) is 0 Å². The fourth-order valence-electron chi connectivity index (χ4n) is 2.08. The standard InChI is InChI=1S/C11H19NO4S/c1-2-3-4-7-12-8-10(15)9(14)6(5-13)16-11(8)17-7/h6,8-11,13-15H,2-5H2,1H3/t6-,8-,9-,10-,11-/m1/s1. The molecule has 2 aliphatic heterocycles. The summed E-state index contributed by atoms with van der Waals surface area (Å²) in [6, 6.07) is -0.398. The minimum absolute atomic E-state index is 0.266. The van der Waals surface area contributed by atoms with E-state index in [2.05, 4.69) is 11.9 Å². The molecule has 0 aromatic carbocycles. The van der Waals surface area contributed by atoms with Gasteiger partial charge < -0.3 is 20.1 Å². The lowest BCUT2D eigenvalue weighted by atomic mass is 9.99. The summed E-state index contributed by atoms with van der Waals surface area (Å²) in [5, 5.41) is 29.7. The van der Waals surface area contributed by atoms with Crippen molar-refractivity contribution < 1.29 is 20.1 Å². The van der Waals surface area contributed by atoms with Crippen molar-refractivity contribution in [2.75, 3.05) is 6.61 Å². The van der Waals surface area contributed by atoms with Crippen molar-refractivity contribution >= 4 is 16.8 Å². The van der Waals surface area contributed by atoms with E-state index in [0.717, 1.165) is 24.3 Å². The summed E-state index contributed by atoms with van der Waals surface area (Å²) >= 11 is 1.50. The molecular weight excluding hydrogens is 242 g/mol. The van der Waals surface area contributed by atoms with Crippen molar-refractivity contribution in [2.24, 2.45) is 4.99 Å². The number of unbranched alkanes of at least 4 members (excludes halogenated alkanes) is 1. The topological polar surface area (TPSA) is 82.3 Å². The third kappa shape index (κ3) is 2.66. The Balaban J connectivity index is 2.01. The number of hydrogen-bond donors (Lipinski definition) is 3. The molecule has 2 heterocycles. The third-order valence-electron chi connectivity index (χ3n) is 3.14. The molecule has 0 unspecified atom stereocenters. The first kappa shape index (κ1) is 13.3. The van der Waals surface area contributed by atoms with Crippen molar-refractivity contribution in [3.05, 3.63) is 0 Å². The summed E-state index contributed by atoms with van der Waals surface area (Å²) < 4.78 is 5.54. The molecule has 98 valence electrons. The highest BCUT2D eigenvalue weighted by atomic mass is 32.2. The van der Waals surface area contributed by atoms with Crippen LogP contribution >= 0.6 is 11.8 Å². The predicted molar refractivity (Wildman–Crippen MR) is 66.1 cm³/mol. The van der Waals surface area contributed by atoms with E-state index in [-0.39, 0.29) is 12.0 Å². The maximum Gasteiger partial charge on any atom is 0.134 e. The number of aliphatic imine (C=N–C) groups is 1. The smallest absolute Gasteiger partial charge is 0.134 e. The van der Waals surface area contributed by atoms with Crippen LogP contribution in [0, 0.1) is 0 Å². The average Bonchev–Trinajstić information content (AvgIpc) is 2.74. The lowest BCUT2D eigenvalue weighted by Gasteiger charge is -2.37. The number of hydrogen-bond acceptors (Lipinski definition) is 6. The highest BCUT2D eigenvalue weighted by molar-refractivity contribution is 8.14. The van der Waals surface area contributed by atoms with Gasteiger partial charge in [0, 0.05) is 0 Å². The molecule has 3 N–H and O–H groups in total. The zero-order chi connectivity index (χ0) is 12.4. The second-order valence-corrected chi connectivity index (χ2v) is 5.61. The van der Waals surface area contributed by atoms with Crippen LogP contribution in [0.1, 0.15) is 26.2 Å². The summed E-state index contributed by atoms with van der Waals surface area (Å²) in [7, 11) is 0. The van der Waals surface area contributed by atoms with Gasteiger partial charge >= 0.3 is 0 Å². The summed E-state index contributed by atoms with van der Waals surface area (Å²) in [6.07, 6.45) is 0.339. The lowest BCUT2D eigenvalue weighted by Crippen LogP contribution is -2.55. The highest BCUT2D eigenvalue weighted by Crippen LogP contribution is 2.37. The van der Waals surface area contributed by atoms with Gasteiger partial charge in [0.1, 0.15) is 29.8 Å². The Morgan fingerprint density at radius 2 is 2.12 bits per heavy atom. The molecule has 2 aliphatic rings. The fraction of sp³-hybridized carbons (Fsp3) is 0.909. The van der Waals surface area contributed by atoms with E-state index in [1.54, 1.807) is 0 Å². The Hall–Kier alpha value is -0.140. The molecule has 0 radical (unpaired) electrons. The average molecular weight is 261 g/mol. The van der Waals surface area contributed by atoms with Crippen LogP contribution in [0.5, 0.6) is 0 Å². The number of nitrogens with zero attached hydrogens (tertiary/aromatic N) is 1. The van der Waals surface area contributed by atoms with Crippen molar-refractivity contribution in [1.29, 1.82) is 0 Å². The largest absolute Gasteiger partial charge is 0.394 e. The molecule has 0 spiro atoms. The molecule has 6 heteroatoms. The van der Waals surface area contributed by atoms with Crippen molar-refractivity contribution in [1.82, 2.24) is 0 Å². The lowest BCUT2D eigenvalue weighted by molar-refractivity contribution is -0.164. The third-order valence-corrected chi connectivity index (χ3v) is 4.34. The number of aliphatic hydroxyl groups is 3. The first-order chi connectivity index (χ1) is 8.17. The molecule has 0 bridgehead atoms. The Morgan fingerprint density at radius 1 is 1.35 bits per heavy atom. The minimum Gasteiger partial charge on any atom is -0.394 e. The molecule has 0 aromatic rings. The van der Waals surface area contributed by atoms with E-state index < -0.39 is 24.4 Å². The van der Waals surface area contributed by atoms with Gasteiger partial charge in [0.2, 0.25) is 0 Å². The second kappa shape index (κ2) is 5.67. The van der Waals surface area contributed by atoms with Gasteiger partial charge in [0.15, 0.2) is 0 Å². The second-order valence-electron chi connectivity index (χ2n) is 4.44. The molecule has 17 heavy (non-hydrogen) atoms. The normalized spacial score (nSPS) is 41.2. The first-order valence-corrected chi connectivity index (χ1v) is 6.91. The maximum atomic E-state index is 9.93. The molecule has 1 fully saturated rings. The number of rotatable bonds is 4. The Kier molecular flexibility index (Phi) is 4.43. The molecule has 5 atom stereocenters. The van der Waals surface area contributed by atoms with E-state index in [0.29, 0.717) is 0 Å². The minimum atomic E-state index is -1.06. The Labute approximate surface area is 105 Å². The number of aliphatic hydroxyl groups excluding tert-OH is 3. The van der Waals surface area contributed by atoms with Gasteiger partial charge in [-0.05, 0) is 12.8 Å². The van der Waals surface area contributed by atoms with Crippen LogP contribution in [0.4, 0.5) is 0 Å². The van der Waals surface area contributed by atoms with E-state index in [4.69, 9.17) is 9.84 Å². The van der Waals surface area contributed by atoms with Gasteiger partial charge in [0.05, 0.1) is 11.7 Å². The number of ether oxygens (including phenoxy) is 1. The molecule has 1 saturated heterocycles. The Bertz CT molecular complexity index is 299. The number of thioether (sulfide) groups is 1. The van der Waals surface area contributed by atoms with E-state index >= 15 is 0 Å². The Morgan fingerprint density at radius 3 is 2.76 bits per heavy atom. The quantitative estimate of drug-likeness (QED) is 0.670. The van der Waals surface area contributed by atoms with Gasteiger partial charge in [-0.25, -0.2) is 0 Å². The summed E-state index contributed by atoms with van der Waals surface area (Å²) in [4.78, 5) is 4.41. The summed E-state index contributed by atoms with van der Waals surface area (Å²) in [6.45, 7) is 1.83. The van der Waals surface area contributed by atoms with E-state index in [9.17, 15) is 10.2 Å². The van der Waals surface area contributed by atoms with Gasteiger partial charge in [-0.2, -0.15) is 0 Å².